The molecule has 0 spiro atoms. The second-order valence-electron chi connectivity index (χ2n) is 8.59. The summed E-state index contributed by atoms with van der Waals surface area (Å²) in [4.78, 5) is 13.6. The molecule has 4 aromatic heterocycles. The summed E-state index contributed by atoms with van der Waals surface area (Å²) < 4.78 is 23.2. The van der Waals surface area contributed by atoms with Crippen LogP contribution in [0.1, 0.15) is 31.6 Å². The Bertz CT molecular complexity index is 1270. The minimum absolute atomic E-state index is 0.125. The first-order chi connectivity index (χ1) is 14.5. The van der Waals surface area contributed by atoms with Gasteiger partial charge in [0.25, 0.3) is 0 Å². The van der Waals surface area contributed by atoms with E-state index in [1.807, 2.05) is 36.1 Å². The van der Waals surface area contributed by atoms with E-state index >= 15 is 0 Å². The quantitative estimate of drug-likeness (QED) is 0.559. The Morgan fingerprint density at radius 1 is 1.20 bits per heavy atom. The van der Waals surface area contributed by atoms with E-state index < -0.39 is 5.67 Å². The molecule has 1 aliphatic carbocycles. The minimum Gasteiger partial charge on any atom is -0.377 e. The van der Waals surface area contributed by atoms with Crippen molar-refractivity contribution in [3.8, 4) is 11.1 Å². The van der Waals surface area contributed by atoms with Crippen molar-refractivity contribution < 1.29 is 9.13 Å². The predicted octanol–water partition coefficient (Wildman–Crippen LogP) is 3.32. The van der Waals surface area contributed by atoms with Gasteiger partial charge in [-0.05, 0) is 26.0 Å². The maximum atomic E-state index is 14.1. The number of aromatic nitrogens is 6. The third kappa shape index (κ3) is 2.76. The van der Waals surface area contributed by atoms with Gasteiger partial charge < -0.3 is 14.6 Å². The van der Waals surface area contributed by atoms with Crippen molar-refractivity contribution in [2.75, 3.05) is 18.5 Å². The van der Waals surface area contributed by atoms with Gasteiger partial charge in [-0.15, -0.1) is 5.10 Å². The van der Waals surface area contributed by atoms with Gasteiger partial charge in [0.15, 0.2) is 5.65 Å². The summed E-state index contributed by atoms with van der Waals surface area (Å²) in [7, 11) is 0. The van der Waals surface area contributed by atoms with Gasteiger partial charge >= 0.3 is 0 Å². The van der Waals surface area contributed by atoms with Crippen LogP contribution in [-0.2, 0) is 4.74 Å². The Kier molecular flexibility index (Phi) is 3.68. The highest BCUT2D eigenvalue weighted by atomic mass is 19.1. The molecule has 1 saturated heterocycles. The van der Waals surface area contributed by atoms with Crippen LogP contribution < -0.4 is 5.32 Å². The lowest BCUT2D eigenvalue weighted by molar-refractivity contribution is 0.0207. The molecular formula is C21H22FN7O. The molecule has 4 aromatic rings. The largest absolute Gasteiger partial charge is 0.377 e. The van der Waals surface area contributed by atoms with Crippen LogP contribution in [0.3, 0.4) is 0 Å². The van der Waals surface area contributed by atoms with Gasteiger partial charge in [-0.2, -0.15) is 0 Å². The number of nitrogens with one attached hydrogen (secondary N) is 1. The molecule has 0 aromatic carbocycles. The number of nitrogens with zero attached hydrogens (tertiary/aromatic N) is 6. The normalized spacial score (nSPS) is 24.2. The third-order valence-electron chi connectivity index (χ3n) is 6.11. The molecule has 154 valence electrons. The van der Waals surface area contributed by atoms with Crippen molar-refractivity contribution in [2.45, 2.75) is 44.4 Å². The summed E-state index contributed by atoms with van der Waals surface area (Å²) in [6.45, 7) is 4.98. The minimum atomic E-state index is -1.09. The number of hydrogen-bond donors (Lipinski definition) is 1. The number of aryl methyl sites for hydroxylation is 1. The standard InChI is InChI=1S/C21H22FN7O/c1-12-25-19-17(29(12)15-6-21(2,22)7-15)5-13(8-23-19)16-3-4-28-18(16)9-24-20(27-28)26-14-10-30-11-14/h3-5,8-9,14-15H,6-7,10-11H2,1-2H3,(H,26,27). The van der Waals surface area contributed by atoms with Crippen LogP contribution in [0, 0.1) is 6.92 Å². The Balaban J connectivity index is 1.38. The number of hydrogen-bond acceptors (Lipinski definition) is 6. The number of halogens is 1. The zero-order chi connectivity index (χ0) is 20.5. The molecule has 0 radical (unpaired) electrons. The number of pyridine rings is 1. The summed E-state index contributed by atoms with van der Waals surface area (Å²) in [6.07, 6.45) is 6.58. The van der Waals surface area contributed by atoms with Crippen molar-refractivity contribution in [2.24, 2.45) is 0 Å². The molecule has 0 atom stereocenters. The SMILES string of the molecule is Cc1nc2ncc(-c3ccn4nc(NC5COC5)ncc34)cc2n1C1CC(C)(F)C1. The van der Waals surface area contributed by atoms with Crippen molar-refractivity contribution in [3.63, 3.8) is 0 Å². The Labute approximate surface area is 172 Å². The van der Waals surface area contributed by atoms with E-state index in [1.54, 1.807) is 6.92 Å². The second-order valence-corrected chi connectivity index (χ2v) is 8.59. The molecule has 2 fully saturated rings. The Hall–Kier alpha value is -3.07. The molecule has 9 heteroatoms. The number of ether oxygens (including phenoxy) is 1. The molecule has 8 nitrogen and oxygen atoms in total. The van der Waals surface area contributed by atoms with Crippen LogP contribution in [0.2, 0.25) is 0 Å². The van der Waals surface area contributed by atoms with Crippen LogP contribution in [0.4, 0.5) is 10.3 Å². The van der Waals surface area contributed by atoms with E-state index in [0.717, 1.165) is 28.0 Å². The summed E-state index contributed by atoms with van der Waals surface area (Å²) >= 11 is 0. The maximum Gasteiger partial charge on any atom is 0.241 e. The summed E-state index contributed by atoms with van der Waals surface area (Å²) in [6, 6.07) is 4.49. The van der Waals surface area contributed by atoms with Crippen molar-refractivity contribution in [3.05, 3.63) is 36.5 Å². The molecule has 0 unspecified atom stereocenters. The molecule has 2 aliphatic rings. The first kappa shape index (κ1) is 17.8. The molecule has 1 saturated carbocycles. The lowest BCUT2D eigenvalue weighted by Gasteiger charge is -2.40. The molecule has 1 aliphatic heterocycles. The molecule has 6 rings (SSSR count). The molecular weight excluding hydrogens is 385 g/mol. The number of imidazole rings is 1. The van der Waals surface area contributed by atoms with E-state index in [-0.39, 0.29) is 12.1 Å². The van der Waals surface area contributed by atoms with E-state index in [1.165, 1.54) is 0 Å². The predicted molar refractivity (Wildman–Crippen MR) is 110 cm³/mol. The van der Waals surface area contributed by atoms with Crippen molar-refractivity contribution in [1.82, 2.24) is 29.1 Å². The molecule has 0 bridgehead atoms. The fourth-order valence-corrected chi connectivity index (χ4v) is 4.52. The molecule has 5 heterocycles. The monoisotopic (exact) mass is 407 g/mol. The summed E-state index contributed by atoms with van der Waals surface area (Å²) in [5.41, 5.74) is 3.40. The van der Waals surface area contributed by atoms with Gasteiger partial charge in [-0.25, -0.2) is 23.9 Å². The number of fused-ring (bicyclic) bond motifs is 2. The smallest absolute Gasteiger partial charge is 0.241 e. The highest BCUT2D eigenvalue weighted by Gasteiger charge is 2.42. The van der Waals surface area contributed by atoms with Gasteiger partial charge in [-0.1, -0.05) is 0 Å². The number of anilines is 1. The van der Waals surface area contributed by atoms with E-state index in [4.69, 9.17) is 4.74 Å². The first-order valence-corrected chi connectivity index (χ1v) is 10.2. The van der Waals surface area contributed by atoms with Crippen LogP contribution in [0.25, 0.3) is 27.8 Å². The fourth-order valence-electron chi connectivity index (χ4n) is 4.52. The summed E-state index contributed by atoms with van der Waals surface area (Å²) in [5.74, 6) is 1.45. The maximum absolute atomic E-state index is 14.1. The average Bonchev–Trinajstić information content (AvgIpc) is 3.21. The van der Waals surface area contributed by atoms with E-state index in [0.29, 0.717) is 37.7 Å². The topological polar surface area (TPSA) is 82.2 Å². The first-order valence-electron chi connectivity index (χ1n) is 10.2. The fraction of sp³-hybridized carbons (Fsp3) is 0.429. The average molecular weight is 407 g/mol. The van der Waals surface area contributed by atoms with Gasteiger partial charge in [0.1, 0.15) is 11.5 Å². The highest BCUT2D eigenvalue weighted by molar-refractivity contribution is 5.85. The van der Waals surface area contributed by atoms with Gasteiger partial charge in [0.05, 0.1) is 36.5 Å². The zero-order valence-electron chi connectivity index (χ0n) is 16.8. The Morgan fingerprint density at radius 2 is 2.03 bits per heavy atom. The molecule has 30 heavy (non-hydrogen) atoms. The van der Waals surface area contributed by atoms with Crippen LogP contribution >= 0.6 is 0 Å². The Morgan fingerprint density at radius 3 is 2.77 bits per heavy atom. The van der Waals surface area contributed by atoms with E-state index in [9.17, 15) is 4.39 Å². The third-order valence-corrected chi connectivity index (χ3v) is 6.11. The molecule has 1 N–H and O–H groups in total. The van der Waals surface area contributed by atoms with E-state index in [2.05, 4.69) is 36.0 Å². The highest BCUT2D eigenvalue weighted by Crippen LogP contribution is 2.45. The van der Waals surface area contributed by atoms with Crippen molar-refractivity contribution in [1.29, 1.82) is 0 Å². The zero-order valence-corrected chi connectivity index (χ0v) is 16.8. The number of rotatable bonds is 4. The van der Waals surface area contributed by atoms with Gasteiger partial charge in [-0.3, -0.25) is 0 Å². The molecule has 0 amide bonds. The lowest BCUT2D eigenvalue weighted by Crippen LogP contribution is -2.40. The number of alkyl halides is 1. The van der Waals surface area contributed by atoms with Gasteiger partial charge in [0, 0.05) is 42.4 Å². The van der Waals surface area contributed by atoms with Gasteiger partial charge in [0.2, 0.25) is 5.95 Å². The second kappa shape index (κ2) is 6.21. The lowest BCUT2D eigenvalue weighted by atomic mass is 9.78. The van der Waals surface area contributed by atoms with Crippen LogP contribution in [-0.4, -0.2) is 54.1 Å². The summed E-state index contributed by atoms with van der Waals surface area (Å²) in [5, 5.41) is 7.82. The van der Waals surface area contributed by atoms with Crippen molar-refractivity contribution >= 4 is 22.6 Å². The van der Waals surface area contributed by atoms with Crippen LogP contribution in [0.15, 0.2) is 30.7 Å². The van der Waals surface area contributed by atoms with Crippen LogP contribution in [0.5, 0.6) is 0 Å².